The largest absolute Gasteiger partial charge is 0.418 e. The lowest BCUT2D eigenvalue weighted by molar-refractivity contribution is -0.137. The number of anilines is 1. The van der Waals surface area contributed by atoms with Gasteiger partial charge in [0.25, 0.3) is 0 Å². The molecule has 1 unspecified atom stereocenters. The maximum atomic E-state index is 12.7. The molecule has 0 amide bonds. The number of hydrogen-bond acceptors (Lipinski definition) is 3. The summed E-state index contributed by atoms with van der Waals surface area (Å²) in [5, 5.41) is 2.54. The van der Waals surface area contributed by atoms with Crippen LogP contribution in [0.15, 0.2) is 18.2 Å². The minimum Gasteiger partial charge on any atom is -0.383 e. The molecule has 17 heavy (non-hydrogen) atoms. The molecule has 0 aromatic heterocycles. The van der Waals surface area contributed by atoms with Crippen LogP contribution in [0.25, 0.3) is 0 Å². The Morgan fingerprint density at radius 2 is 2.12 bits per heavy atom. The molecule has 1 aliphatic heterocycles. The van der Waals surface area contributed by atoms with E-state index in [4.69, 9.17) is 0 Å². The van der Waals surface area contributed by atoms with Gasteiger partial charge in [-0.05, 0) is 11.6 Å². The molecule has 0 saturated heterocycles. The molecule has 0 saturated carbocycles. The van der Waals surface area contributed by atoms with Crippen LogP contribution in [-0.2, 0) is 15.8 Å². The third kappa shape index (κ3) is 1.90. The summed E-state index contributed by atoms with van der Waals surface area (Å²) in [5.74, 6) is -1.53. The lowest BCUT2D eigenvalue weighted by Gasteiger charge is -2.12. The van der Waals surface area contributed by atoms with Gasteiger partial charge in [0.05, 0.1) is 17.2 Å². The SMILES string of the molecule is O=CC(=O)C1CNc2c1cccc2C(F)(F)F. The third-order valence-corrected chi connectivity index (χ3v) is 2.72. The lowest BCUT2D eigenvalue weighted by Crippen LogP contribution is -2.15. The molecule has 0 spiro atoms. The standard InChI is InChI=1S/C11H8F3NO2/c12-11(13,14)8-3-1-2-6-7(9(17)5-16)4-15-10(6)8/h1-3,5,7,15H,4H2. The number of alkyl halides is 3. The van der Waals surface area contributed by atoms with Crippen molar-refractivity contribution in [2.75, 3.05) is 11.9 Å². The second-order valence-electron chi connectivity index (χ2n) is 3.72. The summed E-state index contributed by atoms with van der Waals surface area (Å²) < 4.78 is 38.0. The topological polar surface area (TPSA) is 46.2 Å². The Bertz CT molecular complexity index is 482. The van der Waals surface area contributed by atoms with E-state index in [1.807, 2.05) is 0 Å². The summed E-state index contributed by atoms with van der Waals surface area (Å²) in [7, 11) is 0. The molecule has 2 rings (SSSR count). The zero-order valence-corrected chi connectivity index (χ0v) is 8.54. The maximum absolute atomic E-state index is 12.7. The van der Waals surface area contributed by atoms with E-state index in [2.05, 4.69) is 5.32 Å². The molecule has 90 valence electrons. The number of hydrogen-bond donors (Lipinski definition) is 1. The molecule has 0 radical (unpaired) electrons. The van der Waals surface area contributed by atoms with Crippen LogP contribution in [0.3, 0.4) is 0 Å². The first-order valence-corrected chi connectivity index (χ1v) is 4.88. The molecule has 3 nitrogen and oxygen atoms in total. The monoisotopic (exact) mass is 243 g/mol. The smallest absolute Gasteiger partial charge is 0.383 e. The van der Waals surface area contributed by atoms with Crippen molar-refractivity contribution in [3.63, 3.8) is 0 Å². The van der Waals surface area contributed by atoms with Crippen LogP contribution in [-0.4, -0.2) is 18.6 Å². The molecule has 0 bridgehead atoms. The number of fused-ring (bicyclic) bond motifs is 1. The summed E-state index contributed by atoms with van der Waals surface area (Å²) in [6, 6.07) is 3.61. The Morgan fingerprint density at radius 3 is 2.71 bits per heavy atom. The number of nitrogens with one attached hydrogen (secondary N) is 1. The average molecular weight is 243 g/mol. The number of para-hydroxylation sites is 1. The van der Waals surface area contributed by atoms with Crippen molar-refractivity contribution in [3.05, 3.63) is 29.3 Å². The van der Waals surface area contributed by atoms with Gasteiger partial charge in [0.2, 0.25) is 5.78 Å². The molecule has 1 heterocycles. The molecule has 1 aliphatic rings. The van der Waals surface area contributed by atoms with E-state index in [-0.39, 0.29) is 24.1 Å². The first-order chi connectivity index (χ1) is 7.95. The van der Waals surface area contributed by atoms with Gasteiger partial charge in [-0.25, -0.2) is 0 Å². The quantitative estimate of drug-likeness (QED) is 0.638. The van der Waals surface area contributed by atoms with Gasteiger partial charge in [0.1, 0.15) is 0 Å². The number of rotatable bonds is 2. The van der Waals surface area contributed by atoms with E-state index >= 15 is 0 Å². The van der Waals surface area contributed by atoms with Crippen LogP contribution in [0.2, 0.25) is 0 Å². The van der Waals surface area contributed by atoms with Crippen LogP contribution in [0.5, 0.6) is 0 Å². The zero-order chi connectivity index (χ0) is 12.6. The number of Topliss-reactive ketones (excluding diaryl/α,β-unsaturated/α-hetero) is 1. The molecule has 1 atom stereocenters. The normalized spacial score (nSPS) is 18.4. The Labute approximate surface area is 94.6 Å². The van der Waals surface area contributed by atoms with Gasteiger partial charge < -0.3 is 5.32 Å². The number of carbonyl (C=O) groups is 2. The van der Waals surface area contributed by atoms with E-state index in [0.717, 1.165) is 6.07 Å². The van der Waals surface area contributed by atoms with Crippen molar-refractivity contribution in [1.29, 1.82) is 0 Å². The van der Waals surface area contributed by atoms with E-state index in [9.17, 15) is 22.8 Å². The predicted octanol–water partition coefficient (Wildman–Crippen LogP) is 1.98. The second kappa shape index (κ2) is 3.87. The van der Waals surface area contributed by atoms with E-state index in [0.29, 0.717) is 0 Å². The molecule has 0 aliphatic carbocycles. The summed E-state index contributed by atoms with van der Waals surface area (Å²) in [5.41, 5.74) is -0.673. The predicted molar refractivity (Wildman–Crippen MR) is 53.7 cm³/mol. The lowest BCUT2D eigenvalue weighted by atomic mass is 9.95. The van der Waals surface area contributed by atoms with Crippen molar-refractivity contribution in [1.82, 2.24) is 0 Å². The Morgan fingerprint density at radius 1 is 1.41 bits per heavy atom. The van der Waals surface area contributed by atoms with Gasteiger partial charge in [-0.15, -0.1) is 0 Å². The summed E-state index contributed by atoms with van der Waals surface area (Å²) in [6.45, 7) is 0.0278. The maximum Gasteiger partial charge on any atom is 0.418 e. The second-order valence-corrected chi connectivity index (χ2v) is 3.72. The van der Waals surface area contributed by atoms with Crippen molar-refractivity contribution < 1.29 is 22.8 Å². The van der Waals surface area contributed by atoms with Crippen molar-refractivity contribution in [3.8, 4) is 0 Å². The van der Waals surface area contributed by atoms with Crippen molar-refractivity contribution in [2.24, 2.45) is 0 Å². The first-order valence-electron chi connectivity index (χ1n) is 4.88. The van der Waals surface area contributed by atoms with Crippen LogP contribution in [0.1, 0.15) is 17.0 Å². The van der Waals surface area contributed by atoms with Gasteiger partial charge in [-0.1, -0.05) is 12.1 Å². The average Bonchev–Trinajstić information content (AvgIpc) is 2.69. The Hall–Kier alpha value is -1.85. The van der Waals surface area contributed by atoms with Gasteiger partial charge in [0.15, 0.2) is 6.29 Å². The fourth-order valence-electron chi connectivity index (χ4n) is 1.94. The fraction of sp³-hybridized carbons (Fsp3) is 0.273. The number of aldehydes is 1. The fourth-order valence-corrected chi connectivity index (χ4v) is 1.94. The van der Waals surface area contributed by atoms with Gasteiger partial charge in [0, 0.05) is 6.54 Å². The van der Waals surface area contributed by atoms with Crippen LogP contribution < -0.4 is 5.32 Å². The highest BCUT2D eigenvalue weighted by molar-refractivity contribution is 6.28. The molecule has 1 aromatic carbocycles. The Kier molecular flexibility index (Phi) is 2.65. The minimum absolute atomic E-state index is 0.0278. The first kappa shape index (κ1) is 11.6. The van der Waals surface area contributed by atoms with Crippen molar-refractivity contribution in [2.45, 2.75) is 12.1 Å². The summed E-state index contributed by atoms with van der Waals surface area (Å²) in [6.07, 6.45) is -4.33. The zero-order valence-electron chi connectivity index (χ0n) is 8.54. The number of carbonyl (C=O) groups excluding carboxylic acids is 2. The number of halogens is 3. The molecule has 0 fully saturated rings. The van der Waals surface area contributed by atoms with Gasteiger partial charge in [-0.2, -0.15) is 13.2 Å². The molecular formula is C11H8F3NO2. The van der Waals surface area contributed by atoms with E-state index < -0.39 is 23.4 Å². The van der Waals surface area contributed by atoms with E-state index in [1.165, 1.54) is 12.1 Å². The van der Waals surface area contributed by atoms with E-state index in [1.54, 1.807) is 0 Å². The van der Waals surface area contributed by atoms with Gasteiger partial charge in [-0.3, -0.25) is 9.59 Å². The van der Waals surface area contributed by atoms with Crippen LogP contribution in [0.4, 0.5) is 18.9 Å². The van der Waals surface area contributed by atoms with Crippen molar-refractivity contribution >= 4 is 17.8 Å². The Balaban J connectivity index is 2.50. The summed E-state index contributed by atoms with van der Waals surface area (Å²) in [4.78, 5) is 21.6. The highest BCUT2D eigenvalue weighted by Gasteiger charge is 2.38. The molecular weight excluding hydrogens is 235 g/mol. The number of benzene rings is 1. The molecule has 1 N–H and O–H groups in total. The summed E-state index contributed by atoms with van der Waals surface area (Å²) >= 11 is 0. The molecule has 1 aromatic rings. The third-order valence-electron chi connectivity index (χ3n) is 2.72. The molecule has 6 heteroatoms. The highest BCUT2D eigenvalue weighted by Crippen LogP contribution is 2.42. The minimum atomic E-state index is -4.47. The highest BCUT2D eigenvalue weighted by atomic mass is 19.4. The van der Waals surface area contributed by atoms with Gasteiger partial charge >= 0.3 is 6.18 Å². The number of ketones is 1. The van der Waals surface area contributed by atoms with Crippen LogP contribution >= 0.6 is 0 Å². The van der Waals surface area contributed by atoms with Crippen LogP contribution in [0, 0.1) is 0 Å².